The highest BCUT2D eigenvalue weighted by Crippen LogP contribution is 2.31. The van der Waals surface area contributed by atoms with Crippen molar-refractivity contribution in [2.24, 2.45) is 0 Å². The third-order valence-electron chi connectivity index (χ3n) is 21.3. The molecule has 2 aliphatic rings. The summed E-state index contributed by atoms with van der Waals surface area (Å²) >= 11 is 0. The second-order valence-corrected chi connectivity index (χ2v) is 30.7. The van der Waals surface area contributed by atoms with Crippen LogP contribution in [-0.2, 0) is 23.7 Å². The van der Waals surface area contributed by atoms with Crippen molar-refractivity contribution in [1.82, 2.24) is 5.32 Å². The van der Waals surface area contributed by atoms with E-state index >= 15 is 0 Å². The molecule has 0 aromatic rings. The number of aliphatic hydroxyl groups excluding tert-OH is 8. The number of hydrogen-bond donors (Lipinski definition) is 9. The van der Waals surface area contributed by atoms with Crippen LogP contribution >= 0.6 is 0 Å². The average Bonchev–Trinajstić information content (AvgIpc) is 0.790. The van der Waals surface area contributed by atoms with Crippen molar-refractivity contribution in [2.75, 3.05) is 19.8 Å². The lowest BCUT2D eigenvalue weighted by Crippen LogP contribution is -2.65. The smallest absolute Gasteiger partial charge is 0.220 e. The van der Waals surface area contributed by atoms with Gasteiger partial charge < -0.3 is 65.1 Å². The number of unbranched alkanes of at least 4 members (excludes halogenated alkanes) is 57. The van der Waals surface area contributed by atoms with Gasteiger partial charge in [-0.05, 0) is 51.4 Å². The van der Waals surface area contributed by atoms with Crippen LogP contribution in [0.15, 0.2) is 36.5 Å². The van der Waals surface area contributed by atoms with Gasteiger partial charge in [0.25, 0.3) is 0 Å². The molecule has 590 valence electrons. The summed E-state index contributed by atoms with van der Waals surface area (Å²) in [6.07, 6.45) is 76.8. The van der Waals surface area contributed by atoms with E-state index in [4.69, 9.17) is 18.9 Å². The maximum atomic E-state index is 13.4. The monoisotopic (exact) mass is 1420 g/mol. The van der Waals surface area contributed by atoms with E-state index in [1.165, 1.54) is 340 Å². The van der Waals surface area contributed by atoms with Crippen molar-refractivity contribution in [3.63, 3.8) is 0 Å². The van der Waals surface area contributed by atoms with E-state index in [0.29, 0.717) is 6.42 Å². The van der Waals surface area contributed by atoms with Gasteiger partial charge in [-0.25, -0.2) is 0 Å². The number of carbonyl (C=O) groups excluding carboxylic acids is 1. The third kappa shape index (κ3) is 52.2. The number of hydrogen-bond acceptors (Lipinski definition) is 13. The zero-order chi connectivity index (χ0) is 72.2. The number of allylic oxidation sites excluding steroid dienone is 5. The molecule has 2 saturated heterocycles. The normalized spacial score (nSPS) is 21.9. The van der Waals surface area contributed by atoms with Crippen LogP contribution < -0.4 is 5.32 Å². The van der Waals surface area contributed by atoms with Gasteiger partial charge in [0.15, 0.2) is 12.6 Å². The Morgan fingerprint density at radius 3 is 1.00 bits per heavy atom. The first kappa shape index (κ1) is 94.3. The Hall–Kier alpha value is -1.79. The molecule has 0 aromatic heterocycles. The average molecular weight is 1420 g/mol. The summed E-state index contributed by atoms with van der Waals surface area (Å²) in [5.74, 6) is -0.230. The van der Waals surface area contributed by atoms with Crippen LogP contribution in [0.5, 0.6) is 0 Å². The Morgan fingerprint density at radius 1 is 0.360 bits per heavy atom. The van der Waals surface area contributed by atoms with E-state index in [9.17, 15) is 45.6 Å². The molecule has 100 heavy (non-hydrogen) atoms. The Kier molecular flexibility index (Phi) is 66.2. The highest BCUT2D eigenvalue weighted by Gasteiger charge is 2.51. The number of ether oxygens (including phenoxy) is 4. The molecule has 0 saturated carbocycles. The summed E-state index contributed by atoms with van der Waals surface area (Å²) in [6, 6.07) is -0.915. The molecule has 2 aliphatic heterocycles. The minimum Gasteiger partial charge on any atom is -0.394 e. The lowest BCUT2D eigenvalue weighted by atomic mass is 9.97. The number of rotatable bonds is 74. The van der Waals surface area contributed by atoms with Crippen molar-refractivity contribution in [1.29, 1.82) is 0 Å². The van der Waals surface area contributed by atoms with Crippen LogP contribution in [0, 0.1) is 0 Å². The molecule has 2 heterocycles. The maximum Gasteiger partial charge on any atom is 0.220 e. The molecule has 2 rings (SSSR count). The molecule has 14 nitrogen and oxygen atoms in total. The maximum absolute atomic E-state index is 13.4. The summed E-state index contributed by atoms with van der Waals surface area (Å²) in [6.45, 7) is 2.86. The molecule has 1 amide bonds. The number of nitrogens with one attached hydrogen (secondary N) is 1. The molecule has 12 atom stereocenters. The number of carbonyl (C=O) groups is 1. The predicted molar refractivity (Wildman–Crippen MR) is 415 cm³/mol. The van der Waals surface area contributed by atoms with E-state index < -0.39 is 86.8 Å². The van der Waals surface area contributed by atoms with E-state index in [1.54, 1.807) is 6.08 Å². The molecule has 0 spiro atoms. The van der Waals surface area contributed by atoms with Crippen LogP contribution in [0.2, 0.25) is 0 Å². The van der Waals surface area contributed by atoms with Crippen LogP contribution in [0.4, 0.5) is 0 Å². The van der Waals surface area contributed by atoms with Crippen LogP contribution in [0.25, 0.3) is 0 Å². The summed E-state index contributed by atoms with van der Waals surface area (Å²) in [5, 5.41) is 87.8. The topological polar surface area (TPSA) is 228 Å². The Labute approximate surface area is 614 Å². The van der Waals surface area contributed by atoms with E-state index in [-0.39, 0.29) is 18.9 Å². The standard InChI is InChI=1S/C86H163NO13/c1-3-5-7-9-11-13-15-17-19-21-23-25-27-29-31-33-35-36-37-38-40-42-44-46-48-50-52-54-56-58-60-62-64-66-68-70-78(91)87-74(73-97-85-83(96)81(94)84(77(72-89)99-85)100-86-82(95)80(93)79(92)76(71-88)98-86)75(90)69-67-65-63-61-59-57-55-53-51-49-47-45-43-41-39-34-32-30-28-26-24-22-20-18-16-14-12-10-8-6-4-2/h15,17,21,23,67,69,74-77,79-86,88-90,92-96H,3-14,16,18-20,22,24-66,68,70-73H2,1-2H3,(H,87,91)/b17-15-,23-21-,69-67+. The molecule has 9 N–H and O–H groups in total. The van der Waals surface area contributed by atoms with Crippen molar-refractivity contribution < 1.29 is 64.6 Å². The van der Waals surface area contributed by atoms with Gasteiger partial charge in [-0.1, -0.05) is 391 Å². The summed E-state index contributed by atoms with van der Waals surface area (Å²) < 4.78 is 23.0. The highest BCUT2D eigenvalue weighted by molar-refractivity contribution is 5.76. The lowest BCUT2D eigenvalue weighted by molar-refractivity contribution is -0.359. The fourth-order valence-corrected chi connectivity index (χ4v) is 14.5. The van der Waals surface area contributed by atoms with Crippen LogP contribution in [0.3, 0.4) is 0 Å². The van der Waals surface area contributed by atoms with Crippen molar-refractivity contribution in [3.8, 4) is 0 Å². The van der Waals surface area contributed by atoms with Gasteiger partial charge in [-0.3, -0.25) is 4.79 Å². The number of amides is 1. The molecule has 2 fully saturated rings. The van der Waals surface area contributed by atoms with Gasteiger partial charge >= 0.3 is 0 Å². The predicted octanol–water partition coefficient (Wildman–Crippen LogP) is 20.4. The van der Waals surface area contributed by atoms with Crippen LogP contribution in [0.1, 0.15) is 412 Å². The molecule has 14 heteroatoms. The fourth-order valence-electron chi connectivity index (χ4n) is 14.5. The second kappa shape index (κ2) is 70.2. The fraction of sp³-hybridized carbons (Fsp3) is 0.919. The van der Waals surface area contributed by atoms with Crippen LogP contribution in [-0.4, -0.2) is 140 Å². The van der Waals surface area contributed by atoms with Crippen molar-refractivity contribution in [2.45, 2.75) is 485 Å². The largest absolute Gasteiger partial charge is 0.394 e. The Balaban J connectivity index is 1.58. The molecule has 0 aromatic carbocycles. The van der Waals surface area contributed by atoms with Gasteiger partial charge in [-0.15, -0.1) is 0 Å². The molecule has 0 radical (unpaired) electrons. The molecular weight excluding hydrogens is 1250 g/mol. The first-order valence-electron chi connectivity index (χ1n) is 43.2. The van der Waals surface area contributed by atoms with E-state index in [2.05, 4.69) is 43.5 Å². The van der Waals surface area contributed by atoms with Gasteiger partial charge in [0, 0.05) is 6.42 Å². The van der Waals surface area contributed by atoms with Crippen molar-refractivity contribution in [3.05, 3.63) is 36.5 Å². The second-order valence-electron chi connectivity index (χ2n) is 30.7. The SMILES string of the molecule is CCCCCCC/C=C\C/C=C\CCCCCCCCCCCCCCCCCCCCCCCCCC(=O)NC(COC1OC(CO)C(OC2OC(CO)C(O)C(O)C2O)C(O)C1O)C(O)/C=C/CCCCCCCCCCCCCCCCCCCCCCCCCCCCCCC. The van der Waals surface area contributed by atoms with Crippen molar-refractivity contribution >= 4 is 5.91 Å². The zero-order valence-electron chi connectivity index (χ0n) is 65.0. The minimum atomic E-state index is -1.79. The molecule has 12 unspecified atom stereocenters. The lowest BCUT2D eigenvalue weighted by Gasteiger charge is -2.46. The summed E-state index contributed by atoms with van der Waals surface area (Å²) in [4.78, 5) is 13.4. The van der Waals surface area contributed by atoms with Gasteiger partial charge in [-0.2, -0.15) is 0 Å². The molecule has 0 bridgehead atoms. The molecule has 0 aliphatic carbocycles. The third-order valence-corrected chi connectivity index (χ3v) is 21.3. The summed E-state index contributed by atoms with van der Waals surface area (Å²) in [5.41, 5.74) is 0. The molecular formula is C86H163NO13. The van der Waals surface area contributed by atoms with E-state index in [1.807, 2.05) is 6.08 Å². The van der Waals surface area contributed by atoms with Gasteiger partial charge in [0.1, 0.15) is 48.8 Å². The zero-order valence-corrected chi connectivity index (χ0v) is 65.0. The van der Waals surface area contributed by atoms with Gasteiger partial charge in [0.2, 0.25) is 5.91 Å². The quantitative estimate of drug-likeness (QED) is 0.0204. The van der Waals surface area contributed by atoms with Gasteiger partial charge in [0.05, 0.1) is 32.0 Å². The first-order valence-corrected chi connectivity index (χ1v) is 43.2. The highest BCUT2D eigenvalue weighted by atomic mass is 16.7. The van der Waals surface area contributed by atoms with E-state index in [0.717, 1.165) is 44.9 Å². The Bertz CT molecular complexity index is 1820. The summed E-state index contributed by atoms with van der Waals surface area (Å²) in [7, 11) is 0. The Morgan fingerprint density at radius 2 is 0.660 bits per heavy atom. The first-order chi connectivity index (χ1) is 49.1. The number of aliphatic hydroxyl groups is 8. The minimum absolute atomic E-state index is 0.230.